The molecule has 1 heterocycles. The van der Waals surface area contributed by atoms with Gasteiger partial charge in [-0.2, -0.15) is 0 Å². The molecule has 4 aromatic carbocycles. The summed E-state index contributed by atoms with van der Waals surface area (Å²) in [7, 11) is 3.15. The fourth-order valence-electron chi connectivity index (χ4n) is 5.21. The van der Waals surface area contributed by atoms with Gasteiger partial charge in [0.2, 0.25) is 0 Å². The second-order valence-corrected chi connectivity index (χ2v) is 11.1. The SMILES string of the molecule is CCOC(=O)/C=C/c1cc(-c2ccc(OC)cc2CNC(=O)Nc2ccccc2)nc(-c2ccc(OC)cc2CNC(=O)Nc2ccccc2)c1. The Morgan fingerprint density at radius 2 is 1.12 bits per heavy atom. The Labute approximate surface area is 296 Å². The number of pyridine rings is 1. The van der Waals surface area contributed by atoms with Crippen molar-refractivity contribution in [3.8, 4) is 34.0 Å². The van der Waals surface area contributed by atoms with Crippen LogP contribution in [-0.4, -0.2) is 43.8 Å². The standard InChI is InChI=1S/C40H39N5O6/c1-4-51-38(46)20-15-27-21-36(34-18-16-32(49-2)23-28(34)25-41-39(47)43-30-11-7-5-8-12-30)45-37(22-27)35-19-17-33(50-3)24-29(35)26-42-40(48)44-31-13-9-6-10-14-31/h5-24H,4,25-26H2,1-3H3,(H2,41,43,47)(H2,42,44,48)/b20-15+. The van der Waals surface area contributed by atoms with E-state index in [-0.39, 0.29) is 31.8 Å². The number of rotatable bonds is 13. The Morgan fingerprint density at radius 3 is 1.55 bits per heavy atom. The highest BCUT2D eigenvalue weighted by molar-refractivity contribution is 5.90. The first-order valence-corrected chi connectivity index (χ1v) is 16.3. The highest BCUT2D eigenvalue weighted by atomic mass is 16.5. The van der Waals surface area contributed by atoms with Gasteiger partial charge in [0.25, 0.3) is 0 Å². The number of carbonyl (C=O) groups is 3. The van der Waals surface area contributed by atoms with Gasteiger partial charge in [0.05, 0.1) is 32.2 Å². The van der Waals surface area contributed by atoms with Crippen LogP contribution in [0.5, 0.6) is 11.5 Å². The van der Waals surface area contributed by atoms with Gasteiger partial charge in [-0.25, -0.2) is 19.4 Å². The lowest BCUT2D eigenvalue weighted by Crippen LogP contribution is -2.28. The molecule has 0 bridgehead atoms. The van der Waals surface area contributed by atoms with Gasteiger partial charge >= 0.3 is 18.0 Å². The molecule has 4 N–H and O–H groups in total. The van der Waals surface area contributed by atoms with Crippen molar-refractivity contribution in [1.82, 2.24) is 15.6 Å². The van der Waals surface area contributed by atoms with Crippen molar-refractivity contribution in [2.75, 3.05) is 31.5 Å². The van der Waals surface area contributed by atoms with E-state index in [1.807, 2.05) is 84.9 Å². The predicted octanol–water partition coefficient (Wildman–Crippen LogP) is 7.65. The molecule has 11 heteroatoms. The summed E-state index contributed by atoms with van der Waals surface area (Å²) in [6.07, 6.45) is 3.03. The number of methoxy groups -OCH3 is 2. The lowest BCUT2D eigenvalue weighted by Gasteiger charge is -2.16. The van der Waals surface area contributed by atoms with Crippen LogP contribution in [0.4, 0.5) is 21.0 Å². The maximum Gasteiger partial charge on any atom is 0.330 e. The van der Waals surface area contributed by atoms with Crippen LogP contribution in [0.15, 0.2) is 115 Å². The lowest BCUT2D eigenvalue weighted by molar-refractivity contribution is -0.137. The van der Waals surface area contributed by atoms with E-state index < -0.39 is 5.97 Å². The molecule has 0 saturated carbocycles. The molecule has 0 spiro atoms. The first-order chi connectivity index (χ1) is 24.8. The third-order valence-corrected chi connectivity index (χ3v) is 7.66. The monoisotopic (exact) mass is 685 g/mol. The zero-order valence-corrected chi connectivity index (χ0v) is 28.6. The Bertz CT molecular complexity index is 1870. The summed E-state index contributed by atoms with van der Waals surface area (Å²) in [5.74, 6) is 0.736. The number of urea groups is 2. The third kappa shape index (κ3) is 10.2. The molecule has 5 aromatic rings. The van der Waals surface area contributed by atoms with E-state index in [1.165, 1.54) is 6.08 Å². The summed E-state index contributed by atoms with van der Waals surface area (Å²) in [4.78, 5) is 43.0. The Morgan fingerprint density at radius 1 is 0.647 bits per heavy atom. The molecule has 0 radical (unpaired) electrons. The average Bonchev–Trinajstić information content (AvgIpc) is 3.16. The number of amides is 4. The maximum atomic E-state index is 12.8. The summed E-state index contributed by atoms with van der Waals surface area (Å²) < 4.78 is 16.1. The van der Waals surface area contributed by atoms with Gasteiger partial charge in [-0.05, 0) is 102 Å². The fourth-order valence-corrected chi connectivity index (χ4v) is 5.21. The Kier molecular flexibility index (Phi) is 12.4. The molecule has 0 aliphatic rings. The molecule has 0 saturated heterocycles. The number of benzene rings is 4. The van der Waals surface area contributed by atoms with Gasteiger partial charge in [0.15, 0.2) is 0 Å². The number of nitrogens with zero attached hydrogens (tertiary/aromatic N) is 1. The van der Waals surface area contributed by atoms with Gasteiger partial charge in [-0.1, -0.05) is 36.4 Å². The number of hydrogen-bond donors (Lipinski definition) is 4. The normalized spacial score (nSPS) is 10.6. The van der Waals surface area contributed by atoms with Gasteiger partial charge in [-0.3, -0.25) is 0 Å². The van der Waals surface area contributed by atoms with Crippen LogP contribution >= 0.6 is 0 Å². The van der Waals surface area contributed by atoms with Crippen LogP contribution < -0.4 is 30.7 Å². The number of esters is 1. The van der Waals surface area contributed by atoms with E-state index in [9.17, 15) is 14.4 Å². The molecular weight excluding hydrogens is 646 g/mol. The van der Waals surface area contributed by atoms with E-state index in [1.54, 1.807) is 51.5 Å². The summed E-state index contributed by atoms with van der Waals surface area (Å²) in [6, 6.07) is 32.3. The molecule has 260 valence electrons. The Balaban J connectivity index is 1.51. The van der Waals surface area contributed by atoms with Crippen LogP contribution in [0, 0.1) is 0 Å². The molecule has 11 nitrogen and oxygen atoms in total. The number of para-hydroxylation sites is 2. The van der Waals surface area contributed by atoms with E-state index in [4.69, 9.17) is 19.2 Å². The van der Waals surface area contributed by atoms with Crippen LogP contribution in [-0.2, 0) is 22.6 Å². The van der Waals surface area contributed by atoms with Crippen LogP contribution in [0.3, 0.4) is 0 Å². The van der Waals surface area contributed by atoms with Crippen LogP contribution in [0.1, 0.15) is 23.6 Å². The van der Waals surface area contributed by atoms with Crippen molar-refractivity contribution in [3.63, 3.8) is 0 Å². The number of hydrogen-bond acceptors (Lipinski definition) is 7. The minimum atomic E-state index is -0.477. The summed E-state index contributed by atoms with van der Waals surface area (Å²) in [5.41, 5.74) is 6.12. The summed E-state index contributed by atoms with van der Waals surface area (Å²) >= 11 is 0. The van der Waals surface area contributed by atoms with Gasteiger partial charge in [0.1, 0.15) is 11.5 Å². The van der Waals surface area contributed by atoms with Crippen molar-refractivity contribution in [1.29, 1.82) is 0 Å². The summed E-state index contributed by atoms with van der Waals surface area (Å²) in [5, 5.41) is 11.5. The molecule has 0 fully saturated rings. The largest absolute Gasteiger partial charge is 0.497 e. The highest BCUT2D eigenvalue weighted by Crippen LogP contribution is 2.33. The van der Waals surface area contributed by atoms with E-state index >= 15 is 0 Å². The van der Waals surface area contributed by atoms with Crippen molar-refractivity contribution in [2.24, 2.45) is 0 Å². The zero-order valence-electron chi connectivity index (χ0n) is 28.6. The van der Waals surface area contributed by atoms with E-state index in [2.05, 4.69) is 21.3 Å². The van der Waals surface area contributed by atoms with Crippen molar-refractivity contribution in [3.05, 3.63) is 132 Å². The smallest absolute Gasteiger partial charge is 0.330 e. The number of anilines is 2. The molecular formula is C40H39N5O6. The highest BCUT2D eigenvalue weighted by Gasteiger charge is 2.16. The number of nitrogens with one attached hydrogen (secondary N) is 4. The molecule has 0 aliphatic heterocycles. The van der Waals surface area contributed by atoms with E-state index in [0.29, 0.717) is 39.8 Å². The van der Waals surface area contributed by atoms with Crippen molar-refractivity contribution in [2.45, 2.75) is 20.0 Å². The topological polar surface area (TPSA) is 140 Å². The van der Waals surface area contributed by atoms with Crippen LogP contribution in [0.25, 0.3) is 28.6 Å². The van der Waals surface area contributed by atoms with E-state index in [0.717, 1.165) is 22.3 Å². The molecule has 51 heavy (non-hydrogen) atoms. The van der Waals surface area contributed by atoms with Gasteiger partial charge < -0.3 is 35.5 Å². The second-order valence-electron chi connectivity index (χ2n) is 11.1. The molecule has 4 amide bonds. The number of carbonyl (C=O) groups excluding carboxylic acids is 3. The van der Waals surface area contributed by atoms with Crippen molar-refractivity contribution < 1.29 is 28.6 Å². The van der Waals surface area contributed by atoms with Crippen molar-refractivity contribution >= 4 is 35.5 Å². The zero-order chi connectivity index (χ0) is 36.0. The number of ether oxygens (including phenoxy) is 3. The third-order valence-electron chi connectivity index (χ3n) is 7.66. The predicted molar refractivity (Wildman–Crippen MR) is 198 cm³/mol. The van der Waals surface area contributed by atoms with Gasteiger partial charge in [-0.15, -0.1) is 0 Å². The summed E-state index contributed by atoms with van der Waals surface area (Å²) in [6.45, 7) is 2.32. The quantitative estimate of drug-likeness (QED) is 0.0737. The Hall–Kier alpha value is -6.62. The fraction of sp³-hybridized carbons (Fsp3) is 0.150. The first kappa shape index (κ1) is 35.7. The second kappa shape index (κ2) is 17.7. The molecule has 5 rings (SSSR count). The first-order valence-electron chi connectivity index (χ1n) is 16.3. The van der Waals surface area contributed by atoms with Crippen LogP contribution in [0.2, 0.25) is 0 Å². The lowest BCUT2D eigenvalue weighted by atomic mass is 9.98. The minimum absolute atomic E-state index is 0.166. The number of aromatic nitrogens is 1. The maximum absolute atomic E-state index is 12.8. The average molecular weight is 686 g/mol. The molecule has 0 atom stereocenters. The molecule has 0 unspecified atom stereocenters. The minimum Gasteiger partial charge on any atom is -0.497 e. The van der Waals surface area contributed by atoms with Gasteiger partial charge in [0, 0.05) is 41.7 Å². The molecule has 0 aliphatic carbocycles. The molecule has 1 aromatic heterocycles.